The van der Waals surface area contributed by atoms with Gasteiger partial charge in [-0.05, 0) is 31.0 Å². The maximum Gasteiger partial charge on any atom is 0.409 e. The van der Waals surface area contributed by atoms with Gasteiger partial charge in [-0.3, -0.25) is 9.78 Å². The molecule has 0 aliphatic carbocycles. The average Bonchev–Trinajstić information content (AvgIpc) is 2.78. The quantitative estimate of drug-likeness (QED) is 0.727. The van der Waals surface area contributed by atoms with Crippen LogP contribution in [0.25, 0.3) is 0 Å². The van der Waals surface area contributed by atoms with E-state index >= 15 is 0 Å². The molecule has 1 fully saturated rings. The molecule has 0 unspecified atom stereocenters. The molecule has 9 heteroatoms. The third-order valence-electron chi connectivity index (χ3n) is 4.84. The van der Waals surface area contributed by atoms with Gasteiger partial charge in [0.1, 0.15) is 17.8 Å². The van der Waals surface area contributed by atoms with E-state index < -0.39 is 0 Å². The molecule has 2 aromatic rings. The van der Waals surface area contributed by atoms with E-state index in [0.29, 0.717) is 44.3 Å². The first kappa shape index (κ1) is 20.5. The summed E-state index contributed by atoms with van der Waals surface area (Å²) in [6.07, 6.45) is 5.49. The van der Waals surface area contributed by atoms with Crippen molar-refractivity contribution in [3.8, 4) is 0 Å². The molecule has 0 saturated carbocycles. The van der Waals surface area contributed by atoms with Gasteiger partial charge in [0.25, 0.3) is 5.91 Å². The van der Waals surface area contributed by atoms with Crippen LogP contribution in [0.1, 0.15) is 23.0 Å². The van der Waals surface area contributed by atoms with Gasteiger partial charge in [-0.25, -0.2) is 14.8 Å². The van der Waals surface area contributed by atoms with Crippen molar-refractivity contribution in [2.24, 2.45) is 0 Å². The molecule has 154 valence electrons. The van der Waals surface area contributed by atoms with Gasteiger partial charge >= 0.3 is 6.09 Å². The number of ether oxygens (including phenoxy) is 1. The average molecular weight is 398 g/mol. The summed E-state index contributed by atoms with van der Waals surface area (Å²) in [6, 6.07) is 5.68. The van der Waals surface area contributed by atoms with Crippen molar-refractivity contribution < 1.29 is 14.3 Å². The van der Waals surface area contributed by atoms with Crippen LogP contribution in [0.2, 0.25) is 0 Å². The summed E-state index contributed by atoms with van der Waals surface area (Å²) in [4.78, 5) is 42.4. The maximum atomic E-state index is 12.8. The zero-order chi connectivity index (χ0) is 20.6. The van der Waals surface area contributed by atoms with E-state index in [2.05, 4.69) is 15.0 Å². The van der Waals surface area contributed by atoms with Crippen molar-refractivity contribution in [3.05, 3.63) is 48.2 Å². The minimum absolute atomic E-state index is 0.153. The monoisotopic (exact) mass is 398 g/mol. The van der Waals surface area contributed by atoms with Crippen LogP contribution in [-0.2, 0) is 11.2 Å². The second-order valence-electron chi connectivity index (χ2n) is 6.77. The predicted molar refractivity (Wildman–Crippen MR) is 108 cm³/mol. The number of anilines is 1. The third kappa shape index (κ3) is 5.40. The fourth-order valence-electron chi connectivity index (χ4n) is 3.10. The summed E-state index contributed by atoms with van der Waals surface area (Å²) in [6.45, 7) is 4.69. The fourth-order valence-corrected chi connectivity index (χ4v) is 3.10. The highest BCUT2D eigenvalue weighted by molar-refractivity contribution is 5.93. The normalized spacial score (nSPS) is 13.9. The molecule has 29 heavy (non-hydrogen) atoms. The highest BCUT2D eigenvalue weighted by Gasteiger charge is 2.26. The molecule has 2 aromatic heterocycles. The number of carbonyl (C=O) groups excluding carboxylic acids is 2. The molecular formula is C20H26N6O3. The maximum absolute atomic E-state index is 12.8. The molecule has 1 aliphatic rings. The minimum Gasteiger partial charge on any atom is -0.450 e. The van der Waals surface area contributed by atoms with Crippen molar-refractivity contribution in [1.29, 1.82) is 0 Å². The van der Waals surface area contributed by atoms with Crippen LogP contribution in [0.4, 0.5) is 10.6 Å². The predicted octanol–water partition coefficient (Wildman–Crippen LogP) is 1.46. The van der Waals surface area contributed by atoms with E-state index in [0.717, 1.165) is 13.0 Å². The number of hydrogen-bond donors (Lipinski definition) is 0. The second-order valence-corrected chi connectivity index (χ2v) is 6.77. The van der Waals surface area contributed by atoms with E-state index in [1.165, 1.54) is 11.9 Å². The zero-order valence-corrected chi connectivity index (χ0v) is 16.8. The number of nitrogens with zero attached hydrogens (tertiary/aromatic N) is 6. The summed E-state index contributed by atoms with van der Waals surface area (Å²) in [5, 5.41) is 0. The van der Waals surface area contributed by atoms with Crippen LogP contribution >= 0.6 is 0 Å². The van der Waals surface area contributed by atoms with Gasteiger partial charge in [0.15, 0.2) is 0 Å². The first-order valence-electron chi connectivity index (χ1n) is 9.71. The number of pyridine rings is 1. The second kappa shape index (κ2) is 9.81. The standard InChI is InChI=1S/C20H26N6O3/c1-3-29-20(28)26-12-10-25(11-13-26)19(27)17-14-18(23-15-22-17)24(2)9-6-16-4-7-21-8-5-16/h4-5,7-8,14-15H,3,6,9-13H2,1-2H3. The topological polar surface area (TPSA) is 91.8 Å². The Morgan fingerprint density at radius 3 is 2.48 bits per heavy atom. The molecule has 0 aromatic carbocycles. The molecular weight excluding hydrogens is 372 g/mol. The molecule has 0 N–H and O–H groups in total. The lowest BCUT2D eigenvalue weighted by Gasteiger charge is -2.33. The third-order valence-corrected chi connectivity index (χ3v) is 4.84. The van der Waals surface area contributed by atoms with Crippen LogP contribution in [0.5, 0.6) is 0 Å². The van der Waals surface area contributed by atoms with Crippen molar-refractivity contribution in [3.63, 3.8) is 0 Å². The molecule has 0 spiro atoms. The Hall–Kier alpha value is -3.23. The van der Waals surface area contributed by atoms with Crippen molar-refractivity contribution in [1.82, 2.24) is 24.8 Å². The fraction of sp³-hybridized carbons (Fsp3) is 0.450. The van der Waals surface area contributed by atoms with Crippen LogP contribution in [0, 0.1) is 0 Å². The summed E-state index contributed by atoms with van der Waals surface area (Å²) in [5.74, 6) is 0.544. The van der Waals surface area contributed by atoms with Gasteiger partial charge in [-0.2, -0.15) is 0 Å². The van der Waals surface area contributed by atoms with E-state index in [4.69, 9.17) is 4.74 Å². The molecule has 0 atom stereocenters. The summed E-state index contributed by atoms with van der Waals surface area (Å²) < 4.78 is 5.01. The van der Waals surface area contributed by atoms with Gasteiger partial charge in [-0.15, -0.1) is 0 Å². The number of aromatic nitrogens is 3. The highest BCUT2D eigenvalue weighted by atomic mass is 16.6. The molecule has 2 amide bonds. The Labute approximate surface area is 170 Å². The Kier molecular flexibility index (Phi) is 6.94. The Bertz CT molecular complexity index is 824. The first-order valence-corrected chi connectivity index (χ1v) is 9.71. The first-order chi connectivity index (χ1) is 14.1. The van der Waals surface area contributed by atoms with Crippen LogP contribution in [-0.4, -0.2) is 83.1 Å². The molecule has 9 nitrogen and oxygen atoms in total. The Morgan fingerprint density at radius 2 is 1.79 bits per heavy atom. The van der Waals surface area contributed by atoms with Gasteiger partial charge in [0.2, 0.25) is 0 Å². The van der Waals surface area contributed by atoms with Crippen molar-refractivity contribution >= 4 is 17.8 Å². The number of hydrogen-bond acceptors (Lipinski definition) is 7. The lowest BCUT2D eigenvalue weighted by molar-refractivity contribution is 0.0566. The minimum atomic E-state index is -0.334. The van der Waals surface area contributed by atoms with E-state index in [-0.39, 0.29) is 12.0 Å². The molecule has 3 heterocycles. The number of carbonyl (C=O) groups is 2. The van der Waals surface area contributed by atoms with Gasteiger partial charge in [-0.1, -0.05) is 0 Å². The van der Waals surface area contributed by atoms with Crippen molar-refractivity contribution in [2.75, 3.05) is 51.3 Å². The van der Waals surface area contributed by atoms with Crippen molar-refractivity contribution in [2.45, 2.75) is 13.3 Å². The van der Waals surface area contributed by atoms with Gasteiger partial charge < -0.3 is 19.4 Å². The number of likely N-dealkylation sites (N-methyl/N-ethyl adjacent to an activating group) is 1. The van der Waals surface area contributed by atoms with Gasteiger partial charge in [0.05, 0.1) is 6.61 Å². The number of amides is 2. The summed E-state index contributed by atoms with van der Waals surface area (Å²) in [7, 11) is 1.94. The zero-order valence-electron chi connectivity index (χ0n) is 16.8. The largest absolute Gasteiger partial charge is 0.450 e. The molecule has 3 rings (SSSR count). The molecule has 0 bridgehead atoms. The Balaban J connectivity index is 1.57. The molecule has 1 aliphatic heterocycles. The van der Waals surface area contributed by atoms with Crippen LogP contribution in [0.3, 0.4) is 0 Å². The highest BCUT2D eigenvalue weighted by Crippen LogP contribution is 2.14. The summed E-state index contributed by atoms with van der Waals surface area (Å²) in [5.41, 5.74) is 1.55. The smallest absolute Gasteiger partial charge is 0.409 e. The number of piperazine rings is 1. The Morgan fingerprint density at radius 1 is 1.10 bits per heavy atom. The van der Waals surface area contributed by atoms with E-state index in [1.54, 1.807) is 35.2 Å². The van der Waals surface area contributed by atoms with Crippen LogP contribution in [0.15, 0.2) is 36.9 Å². The summed E-state index contributed by atoms with van der Waals surface area (Å²) >= 11 is 0. The van der Waals surface area contributed by atoms with Crippen LogP contribution < -0.4 is 4.90 Å². The van der Waals surface area contributed by atoms with E-state index in [9.17, 15) is 9.59 Å². The van der Waals surface area contributed by atoms with Gasteiger partial charge in [0, 0.05) is 58.2 Å². The SMILES string of the molecule is CCOC(=O)N1CCN(C(=O)c2cc(N(C)CCc3ccncc3)ncn2)CC1. The lowest BCUT2D eigenvalue weighted by atomic mass is 10.2. The number of rotatable bonds is 6. The van der Waals surface area contributed by atoms with E-state index in [1.807, 2.05) is 24.1 Å². The molecule has 1 saturated heterocycles. The molecule has 0 radical (unpaired) electrons. The lowest BCUT2D eigenvalue weighted by Crippen LogP contribution is -2.50.